The van der Waals surface area contributed by atoms with Gasteiger partial charge in [-0.05, 0) is 56.5 Å². The van der Waals surface area contributed by atoms with Gasteiger partial charge in [0, 0.05) is 30.3 Å². The minimum Gasteiger partial charge on any atom is -0.459 e. The van der Waals surface area contributed by atoms with E-state index in [2.05, 4.69) is 22.9 Å². The monoisotopic (exact) mass is 405 g/mol. The quantitative estimate of drug-likeness (QED) is 0.473. The SMILES string of the molecule is CCn1c([C@H]2C[C@H]2CC(=O)N[C@H](C)c2cc3ccc(F)cc3o2)nc2ccccc21. The Kier molecular flexibility index (Phi) is 4.57. The van der Waals surface area contributed by atoms with Gasteiger partial charge in [-0.25, -0.2) is 9.37 Å². The predicted molar refractivity (Wildman–Crippen MR) is 114 cm³/mol. The lowest BCUT2D eigenvalue weighted by Gasteiger charge is -2.11. The van der Waals surface area contributed by atoms with Gasteiger partial charge >= 0.3 is 0 Å². The summed E-state index contributed by atoms with van der Waals surface area (Å²) in [5.74, 6) is 2.02. The lowest BCUT2D eigenvalue weighted by Crippen LogP contribution is -2.26. The number of nitrogens with one attached hydrogen (secondary N) is 1. The Morgan fingerprint density at radius 3 is 2.97 bits per heavy atom. The second kappa shape index (κ2) is 7.27. The summed E-state index contributed by atoms with van der Waals surface area (Å²) in [5, 5.41) is 3.84. The van der Waals surface area contributed by atoms with Crippen LogP contribution in [0.3, 0.4) is 0 Å². The summed E-state index contributed by atoms with van der Waals surface area (Å²) in [7, 11) is 0. The van der Waals surface area contributed by atoms with E-state index in [1.807, 2.05) is 31.2 Å². The molecule has 2 aromatic heterocycles. The molecule has 0 saturated heterocycles. The number of halogens is 1. The average Bonchev–Trinajstić information content (AvgIpc) is 3.19. The molecule has 1 aliphatic rings. The highest BCUT2D eigenvalue weighted by atomic mass is 19.1. The number of hydrogen-bond acceptors (Lipinski definition) is 3. The summed E-state index contributed by atoms with van der Waals surface area (Å²) in [6.45, 7) is 4.88. The van der Waals surface area contributed by atoms with E-state index < -0.39 is 0 Å². The zero-order valence-electron chi connectivity index (χ0n) is 17.1. The number of hydrogen-bond donors (Lipinski definition) is 1. The van der Waals surface area contributed by atoms with Crippen LogP contribution in [0.4, 0.5) is 4.39 Å². The molecule has 2 heterocycles. The van der Waals surface area contributed by atoms with Gasteiger partial charge in [-0.2, -0.15) is 0 Å². The molecule has 1 N–H and O–H groups in total. The Labute approximate surface area is 173 Å². The molecule has 5 rings (SSSR count). The Morgan fingerprint density at radius 1 is 1.30 bits per heavy atom. The molecule has 0 aliphatic heterocycles. The van der Waals surface area contributed by atoms with Gasteiger partial charge in [-0.1, -0.05) is 12.1 Å². The number of carbonyl (C=O) groups is 1. The molecule has 1 saturated carbocycles. The number of benzene rings is 2. The fourth-order valence-electron chi connectivity index (χ4n) is 4.35. The Hall–Kier alpha value is -3.15. The highest BCUT2D eigenvalue weighted by Crippen LogP contribution is 2.49. The van der Waals surface area contributed by atoms with E-state index in [1.165, 1.54) is 12.1 Å². The summed E-state index contributed by atoms with van der Waals surface area (Å²) in [5.41, 5.74) is 2.66. The number of carbonyl (C=O) groups excluding carboxylic acids is 1. The molecule has 3 atom stereocenters. The third-order valence-corrected chi connectivity index (χ3v) is 6.01. The smallest absolute Gasteiger partial charge is 0.220 e. The van der Waals surface area contributed by atoms with Gasteiger partial charge in [0.1, 0.15) is 23.0 Å². The fourth-order valence-corrected chi connectivity index (χ4v) is 4.35. The van der Waals surface area contributed by atoms with Gasteiger partial charge in [-0.3, -0.25) is 4.79 Å². The molecule has 6 heteroatoms. The second-order valence-corrected chi connectivity index (χ2v) is 8.13. The molecule has 1 amide bonds. The highest BCUT2D eigenvalue weighted by Gasteiger charge is 2.43. The van der Waals surface area contributed by atoms with Crippen LogP contribution in [0.5, 0.6) is 0 Å². The molecule has 0 spiro atoms. The molecule has 1 aliphatic carbocycles. The van der Waals surface area contributed by atoms with Gasteiger partial charge in [0.25, 0.3) is 0 Å². The maximum atomic E-state index is 13.4. The highest BCUT2D eigenvalue weighted by molar-refractivity contribution is 5.80. The minimum atomic E-state index is -0.335. The van der Waals surface area contributed by atoms with Crippen LogP contribution in [-0.2, 0) is 11.3 Å². The zero-order valence-corrected chi connectivity index (χ0v) is 17.1. The first-order valence-electron chi connectivity index (χ1n) is 10.5. The number of nitrogens with zero attached hydrogens (tertiary/aromatic N) is 2. The molecule has 5 nitrogen and oxygen atoms in total. The van der Waals surface area contributed by atoms with Crippen LogP contribution in [-0.4, -0.2) is 15.5 Å². The van der Waals surface area contributed by atoms with Crippen molar-refractivity contribution in [2.24, 2.45) is 5.92 Å². The number of furan rings is 1. The first kappa shape index (κ1) is 18.9. The van der Waals surface area contributed by atoms with Gasteiger partial charge < -0.3 is 14.3 Å². The zero-order chi connectivity index (χ0) is 20.8. The average molecular weight is 405 g/mol. The van der Waals surface area contributed by atoms with Crippen molar-refractivity contribution in [3.8, 4) is 0 Å². The molecular weight excluding hydrogens is 381 g/mol. The van der Waals surface area contributed by atoms with E-state index in [9.17, 15) is 9.18 Å². The van der Waals surface area contributed by atoms with E-state index in [0.29, 0.717) is 29.6 Å². The summed E-state index contributed by atoms with van der Waals surface area (Å²) < 4.78 is 21.3. The van der Waals surface area contributed by atoms with E-state index in [1.54, 1.807) is 6.07 Å². The third kappa shape index (κ3) is 3.36. The number of para-hydroxylation sites is 2. The standard InChI is InChI=1S/C24H24FN3O2/c1-3-28-20-7-5-4-6-19(20)27-24(28)18-10-16(18)12-23(29)26-14(2)21-11-15-8-9-17(25)13-22(15)30-21/h4-9,11,13-14,16,18H,3,10,12H2,1-2H3,(H,26,29)/t14-,16+,18+/m1/s1. The van der Waals surface area contributed by atoms with Crippen LogP contribution in [0.1, 0.15) is 50.2 Å². The molecule has 1 fully saturated rings. The number of imidazole rings is 1. The van der Waals surface area contributed by atoms with Crippen LogP contribution < -0.4 is 5.32 Å². The fraction of sp³-hybridized carbons (Fsp3) is 0.333. The van der Waals surface area contributed by atoms with Crippen molar-refractivity contribution >= 4 is 27.9 Å². The van der Waals surface area contributed by atoms with Crippen LogP contribution in [0.25, 0.3) is 22.0 Å². The van der Waals surface area contributed by atoms with Gasteiger partial charge in [0.15, 0.2) is 0 Å². The number of rotatable bonds is 6. The Bertz CT molecular complexity index is 1240. The van der Waals surface area contributed by atoms with Gasteiger partial charge in [0.05, 0.1) is 17.1 Å². The second-order valence-electron chi connectivity index (χ2n) is 8.13. The molecule has 2 aromatic carbocycles. The molecular formula is C24H24FN3O2. The summed E-state index contributed by atoms with van der Waals surface area (Å²) in [4.78, 5) is 17.4. The topological polar surface area (TPSA) is 60.1 Å². The van der Waals surface area contributed by atoms with E-state index in [0.717, 1.165) is 35.2 Å². The molecule has 0 bridgehead atoms. The van der Waals surface area contributed by atoms with Crippen LogP contribution >= 0.6 is 0 Å². The molecule has 154 valence electrons. The van der Waals surface area contributed by atoms with Gasteiger partial charge in [-0.15, -0.1) is 0 Å². The van der Waals surface area contributed by atoms with E-state index in [4.69, 9.17) is 9.40 Å². The van der Waals surface area contributed by atoms with E-state index >= 15 is 0 Å². The number of aryl methyl sites for hydroxylation is 1. The molecule has 4 aromatic rings. The first-order chi connectivity index (χ1) is 14.5. The third-order valence-electron chi connectivity index (χ3n) is 6.01. The largest absolute Gasteiger partial charge is 0.459 e. The number of fused-ring (bicyclic) bond motifs is 2. The Balaban J connectivity index is 1.24. The number of amides is 1. The molecule has 0 unspecified atom stereocenters. The normalized spacial score (nSPS) is 19.3. The predicted octanol–water partition coefficient (Wildman–Crippen LogP) is 5.31. The maximum Gasteiger partial charge on any atom is 0.220 e. The molecule has 0 radical (unpaired) electrons. The lowest BCUT2D eigenvalue weighted by atomic mass is 10.2. The van der Waals surface area contributed by atoms with Crippen LogP contribution in [0, 0.1) is 11.7 Å². The maximum absolute atomic E-state index is 13.4. The molecule has 30 heavy (non-hydrogen) atoms. The van der Waals surface area contributed by atoms with E-state index in [-0.39, 0.29) is 17.8 Å². The van der Waals surface area contributed by atoms with Crippen molar-refractivity contribution in [1.29, 1.82) is 0 Å². The summed E-state index contributed by atoms with van der Waals surface area (Å²) in [6.07, 6.45) is 1.45. The van der Waals surface area contributed by atoms with Gasteiger partial charge in [0.2, 0.25) is 5.91 Å². The lowest BCUT2D eigenvalue weighted by molar-refractivity contribution is -0.122. The van der Waals surface area contributed by atoms with Crippen molar-refractivity contribution in [1.82, 2.24) is 14.9 Å². The number of aromatic nitrogens is 2. The van der Waals surface area contributed by atoms with Crippen molar-refractivity contribution in [3.63, 3.8) is 0 Å². The Morgan fingerprint density at radius 2 is 2.13 bits per heavy atom. The van der Waals surface area contributed by atoms with Crippen molar-refractivity contribution < 1.29 is 13.6 Å². The summed E-state index contributed by atoms with van der Waals surface area (Å²) in [6, 6.07) is 14.2. The van der Waals surface area contributed by atoms with Crippen molar-refractivity contribution in [2.45, 2.75) is 45.2 Å². The summed E-state index contributed by atoms with van der Waals surface area (Å²) >= 11 is 0. The first-order valence-corrected chi connectivity index (χ1v) is 10.5. The van der Waals surface area contributed by atoms with Crippen LogP contribution in [0.2, 0.25) is 0 Å². The van der Waals surface area contributed by atoms with Crippen molar-refractivity contribution in [2.75, 3.05) is 0 Å². The minimum absolute atomic E-state index is 0.000737. The van der Waals surface area contributed by atoms with Crippen LogP contribution in [0.15, 0.2) is 52.9 Å². The van der Waals surface area contributed by atoms with Crippen molar-refractivity contribution in [3.05, 3.63) is 65.9 Å².